The van der Waals surface area contributed by atoms with Crippen LogP contribution in [0.5, 0.6) is 11.6 Å². The van der Waals surface area contributed by atoms with Crippen LogP contribution in [0.25, 0.3) is 11.3 Å². The van der Waals surface area contributed by atoms with Gasteiger partial charge in [0.1, 0.15) is 0 Å². The molecule has 4 aromatic rings. The van der Waals surface area contributed by atoms with Gasteiger partial charge in [0.2, 0.25) is 17.6 Å². The second-order valence-corrected chi connectivity index (χ2v) is 7.88. The molecule has 1 unspecified atom stereocenters. The van der Waals surface area contributed by atoms with Crippen LogP contribution in [-0.4, -0.2) is 19.5 Å². The topological polar surface area (TPSA) is 109 Å². The van der Waals surface area contributed by atoms with Crippen LogP contribution < -0.4 is 15.2 Å². The monoisotopic (exact) mass is 471 g/mol. The van der Waals surface area contributed by atoms with Crippen LogP contribution in [0.2, 0.25) is 0 Å². The number of hydrogen-bond acceptors (Lipinski definition) is 7. The van der Waals surface area contributed by atoms with E-state index in [0.717, 1.165) is 0 Å². The van der Waals surface area contributed by atoms with Crippen molar-refractivity contribution >= 4 is 23.0 Å². The number of anilines is 2. The maximum Gasteiger partial charge on any atom is 0.228 e. The minimum absolute atomic E-state index is 0.00972. The summed E-state index contributed by atoms with van der Waals surface area (Å²) in [5.41, 5.74) is 6.03. The molecule has 0 fully saturated rings. The van der Waals surface area contributed by atoms with Crippen molar-refractivity contribution in [1.82, 2.24) is 15.0 Å². The predicted octanol–water partition coefficient (Wildman–Crippen LogP) is 4.61. The van der Waals surface area contributed by atoms with Gasteiger partial charge in [0.25, 0.3) is 0 Å². The molecule has 0 amide bonds. The number of halogens is 3. The molecule has 2 aromatic heterocycles. The van der Waals surface area contributed by atoms with Crippen LogP contribution in [0.1, 0.15) is 5.56 Å². The number of hydrogen-bond donors (Lipinski definition) is 2. The molecule has 7 nitrogen and oxygen atoms in total. The van der Waals surface area contributed by atoms with Crippen molar-refractivity contribution in [2.75, 3.05) is 10.5 Å². The van der Waals surface area contributed by atoms with Gasteiger partial charge < -0.3 is 15.0 Å². The quantitative estimate of drug-likeness (QED) is 0.299. The number of ether oxygens (including phenoxy) is 1. The molecule has 0 aliphatic heterocycles. The summed E-state index contributed by atoms with van der Waals surface area (Å²) >= 11 is -1.90. The zero-order valence-corrected chi connectivity index (χ0v) is 17.7. The Balaban J connectivity index is 1.60. The lowest BCUT2D eigenvalue weighted by Gasteiger charge is -2.15. The van der Waals surface area contributed by atoms with Gasteiger partial charge in [0, 0.05) is 24.0 Å². The smallest absolute Gasteiger partial charge is 0.228 e. The number of nitrogens with one attached hydrogen (secondary N) is 1. The van der Waals surface area contributed by atoms with Crippen LogP contribution in [-0.2, 0) is 17.1 Å². The third-order valence-corrected chi connectivity index (χ3v) is 5.44. The molecule has 11 heteroatoms. The van der Waals surface area contributed by atoms with Crippen LogP contribution in [0.15, 0.2) is 67.0 Å². The predicted molar refractivity (Wildman–Crippen MR) is 118 cm³/mol. The van der Waals surface area contributed by atoms with E-state index in [4.69, 9.17) is 10.5 Å². The summed E-state index contributed by atoms with van der Waals surface area (Å²) in [7, 11) is 0. The summed E-state index contributed by atoms with van der Waals surface area (Å²) < 4.78 is 63.9. The molecular formula is C22H16F3N5O2S. The number of rotatable bonds is 7. The first kappa shape index (κ1) is 22.4. The highest BCUT2D eigenvalue weighted by atomic mass is 32.2. The third-order valence-electron chi connectivity index (χ3n) is 4.41. The Morgan fingerprint density at radius 2 is 1.76 bits per heavy atom. The number of benzene rings is 2. The van der Waals surface area contributed by atoms with Gasteiger partial charge in [0.05, 0.1) is 22.6 Å². The lowest BCUT2D eigenvalue weighted by atomic mass is 10.2. The van der Waals surface area contributed by atoms with Gasteiger partial charge >= 0.3 is 0 Å². The lowest BCUT2D eigenvalue weighted by molar-refractivity contribution is 0.401. The number of pyridine rings is 1. The Morgan fingerprint density at radius 3 is 2.52 bits per heavy atom. The number of nitrogens with two attached hydrogens (primary N) is 1. The van der Waals surface area contributed by atoms with E-state index >= 15 is 0 Å². The summed E-state index contributed by atoms with van der Waals surface area (Å²) in [6.07, 6.45) is 2.76. The summed E-state index contributed by atoms with van der Waals surface area (Å²) in [4.78, 5) is 11.8. The number of nitrogens with zero attached hydrogens (tertiary/aromatic N) is 3. The van der Waals surface area contributed by atoms with Gasteiger partial charge in [-0.05, 0) is 18.2 Å². The third kappa shape index (κ3) is 5.16. The highest BCUT2D eigenvalue weighted by Crippen LogP contribution is 2.35. The fourth-order valence-corrected chi connectivity index (χ4v) is 3.89. The van der Waals surface area contributed by atoms with Crippen molar-refractivity contribution in [3.05, 3.63) is 90.0 Å². The van der Waals surface area contributed by atoms with Gasteiger partial charge in [0.15, 0.2) is 28.8 Å². The minimum atomic E-state index is -1.90. The molecule has 0 aliphatic rings. The van der Waals surface area contributed by atoms with Crippen LogP contribution in [0, 0.1) is 17.5 Å². The summed E-state index contributed by atoms with van der Waals surface area (Å²) in [5.74, 6) is -5.17. The molecular weight excluding hydrogens is 455 g/mol. The van der Waals surface area contributed by atoms with Crippen molar-refractivity contribution in [2.45, 2.75) is 5.75 Å². The van der Waals surface area contributed by atoms with Crippen molar-refractivity contribution in [3.8, 4) is 22.9 Å². The largest absolute Gasteiger partial charge is 0.593 e. The summed E-state index contributed by atoms with van der Waals surface area (Å²) in [6, 6.07) is 14.0. The highest BCUT2D eigenvalue weighted by molar-refractivity contribution is 7.91. The Bertz CT molecular complexity index is 1280. The van der Waals surface area contributed by atoms with E-state index in [-0.39, 0.29) is 17.6 Å². The van der Waals surface area contributed by atoms with Crippen molar-refractivity contribution in [3.63, 3.8) is 0 Å². The van der Waals surface area contributed by atoms with Crippen LogP contribution in [0.4, 0.5) is 24.8 Å². The van der Waals surface area contributed by atoms with Gasteiger partial charge in [-0.1, -0.05) is 30.3 Å². The summed E-state index contributed by atoms with van der Waals surface area (Å²) in [5, 5.41) is 0. The molecule has 0 saturated carbocycles. The molecule has 2 aromatic carbocycles. The van der Waals surface area contributed by atoms with E-state index in [0.29, 0.717) is 22.9 Å². The molecule has 0 bridgehead atoms. The zero-order chi connectivity index (χ0) is 23.4. The molecule has 0 aliphatic carbocycles. The molecule has 2 heterocycles. The van der Waals surface area contributed by atoms with Crippen molar-refractivity contribution in [2.24, 2.45) is 0 Å². The number of aromatic nitrogens is 3. The van der Waals surface area contributed by atoms with E-state index in [1.807, 2.05) is 0 Å². The van der Waals surface area contributed by atoms with E-state index in [1.54, 1.807) is 42.5 Å². The first-order valence-electron chi connectivity index (χ1n) is 9.50. The van der Waals surface area contributed by atoms with E-state index in [2.05, 4.69) is 19.7 Å². The molecule has 4 rings (SSSR count). The fraction of sp³-hybridized carbons (Fsp3) is 0.0455. The Labute approximate surface area is 189 Å². The molecule has 0 spiro atoms. The van der Waals surface area contributed by atoms with E-state index in [1.165, 1.54) is 18.5 Å². The van der Waals surface area contributed by atoms with Gasteiger partial charge in [-0.15, -0.1) is 0 Å². The minimum Gasteiger partial charge on any atom is -0.593 e. The van der Waals surface area contributed by atoms with Crippen molar-refractivity contribution < 1.29 is 22.5 Å². The van der Waals surface area contributed by atoms with Crippen molar-refractivity contribution in [1.29, 1.82) is 0 Å². The standard InChI is InChI=1S/C22H16F3N5O2S/c23-15-11-17(32-21-14(7-4-9-27-21)16-8-10-28-22(26)29-16)18(24)19(25)20(15)30-33(31)12-13-5-2-1-3-6-13/h1-11,30H,12H2,(H2,26,28,29). The maximum atomic E-state index is 14.7. The molecule has 33 heavy (non-hydrogen) atoms. The first-order chi connectivity index (χ1) is 15.9. The number of nitrogen functional groups attached to an aromatic ring is 1. The van der Waals surface area contributed by atoms with E-state index < -0.39 is 40.3 Å². The Kier molecular flexibility index (Phi) is 6.61. The molecule has 3 N–H and O–H groups in total. The van der Waals surface area contributed by atoms with Gasteiger partial charge in [-0.3, -0.25) is 0 Å². The summed E-state index contributed by atoms with van der Waals surface area (Å²) in [6.45, 7) is 0. The molecule has 0 radical (unpaired) electrons. The molecule has 1 atom stereocenters. The first-order valence-corrected chi connectivity index (χ1v) is 10.8. The normalized spacial score (nSPS) is 11.8. The average Bonchev–Trinajstić information content (AvgIpc) is 2.81. The Morgan fingerprint density at radius 1 is 0.970 bits per heavy atom. The Hall–Kier alpha value is -3.83. The molecule has 0 saturated heterocycles. The maximum absolute atomic E-state index is 14.7. The van der Waals surface area contributed by atoms with Crippen LogP contribution in [0.3, 0.4) is 0 Å². The van der Waals surface area contributed by atoms with E-state index in [9.17, 15) is 17.7 Å². The van der Waals surface area contributed by atoms with Crippen LogP contribution >= 0.6 is 0 Å². The molecule has 168 valence electrons. The highest BCUT2D eigenvalue weighted by Gasteiger charge is 2.25. The second kappa shape index (κ2) is 9.76. The SMILES string of the molecule is Nc1nccc(-c2cccnc2Oc2cc(F)c(N[S+]([O-])Cc3ccccc3)c(F)c2F)n1. The average molecular weight is 471 g/mol. The lowest BCUT2D eigenvalue weighted by Crippen LogP contribution is -2.17. The van der Waals surface area contributed by atoms with Gasteiger partial charge in [-0.2, -0.15) is 4.39 Å². The fourth-order valence-electron chi connectivity index (χ4n) is 2.91. The van der Waals surface area contributed by atoms with Gasteiger partial charge in [-0.25, -0.2) is 28.5 Å². The zero-order valence-electron chi connectivity index (χ0n) is 16.8. The second-order valence-electron chi connectivity index (χ2n) is 6.70.